The van der Waals surface area contributed by atoms with Gasteiger partial charge in [0.15, 0.2) is 0 Å². The van der Waals surface area contributed by atoms with Gasteiger partial charge in [-0.25, -0.2) is 4.79 Å². The summed E-state index contributed by atoms with van der Waals surface area (Å²) in [6.45, 7) is 0.255. The van der Waals surface area contributed by atoms with Crippen LogP contribution in [0.2, 0.25) is 0 Å². The van der Waals surface area contributed by atoms with Crippen molar-refractivity contribution in [2.45, 2.75) is 50.2 Å². The van der Waals surface area contributed by atoms with Crippen molar-refractivity contribution >= 4 is 29.7 Å². The van der Waals surface area contributed by atoms with Crippen LogP contribution in [0, 0.1) is 0 Å². The first-order valence-corrected chi connectivity index (χ1v) is 7.72. The van der Waals surface area contributed by atoms with E-state index in [0.29, 0.717) is 12.8 Å². The number of aliphatic carboxylic acids is 2. The highest BCUT2D eigenvalue weighted by atomic mass is 16.4. The summed E-state index contributed by atoms with van der Waals surface area (Å²) in [6.07, 6.45) is -0.0925. The van der Waals surface area contributed by atoms with Crippen LogP contribution in [0.5, 0.6) is 0 Å². The Kier molecular flexibility index (Phi) is 7.30. The molecule has 140 valence electrons. The summed E-state index contributed by atoms with van der Waals surface area (Å²) in [5, 5.41) is 19.9. The number of primary amides is 1. The fourth-order valence-corrected chi connectivity index (χ4v) is 2.59. The average molecular weight is 358 g/mol. The molecule has 0 aromatic carbocycles. The molecule has 0 aliphatic carbocycles. The third kappa shape index (κ3) is 6.03. The summed E-state index contributed by atoms with van der Waals surface area (Å²) in [7, 11) is 0. The smallest absolute Gasteiger partial charge is 0.326 e. The molecule has 1 rings (SSSR count). The fourth-order valence-electron chi connectivity index (χ4n) is 2.59. The SMILES string of the molecule is NC(=O)CC(NC(=O)C1CCCN1C(=O)C(N)CCC(=O)O)C(=O)O. The number of carboxylic acid groups (broad SMARTS) is 2. The van der Waals surface area contributed by atoms with Crippen molar-refractivity contribution in [2.75, 3.05) is 6.54 Å². The molecule has 3 atom stereocenters. The van der Waals surface area contributed by atoms with Gasteiger partial charge in [-0.2, -0.15) is 0 Å². The van der Waals surface area contributed by atoms with Crippen LogP contribution < -0.4 is 16.8 Å². The number of hydrogen-bond acceptors (Lipinski definition) is 6. The molecule has 0 saturated carbocycles. The number of carbonyl (C=O) groups is 5. The van der Waals surface area contributed by atoms with E-state index in [1.807, 2.05) is 0 Å². The molecule has 1 aliphatic heterocycles. The number of nitrogens with one attached hydrogen (secondary N) is 1. The van der Waals surface area contributed by atoms with Crippen molar-refractivity contribution in [3.8, 4) is 0 Å². The Morgan fingerprint density at radius 2 is 1.84 bits per heavy atom. The number of nitrogens with zero attached hydrogens (tertiary/aromatic N) is 1. The van der Waals surface area contributed by atoms with Gasteiger partial charge in [-0.15, -0.1) is 0 Å². The highest BCUT2D eigenvalue weighted by molar-refractivity contribution is 5.93. The molecular formula is C14H22N4O7. The van der Waals surface area contributed by atoms with Gasteiger partial charge in [-0.3, -0.25) is 19.2 Å². The molecule has 1 aliphatic rings. The predicted octanol–water partition coefficient (Wildman–Crippen LogP) is -2.39. The quantitative estimate of drug-likeness (QED) is 0.301. The first kappa shape index (κ1) is 20.4. The maximum atomic E-state index is 12.3. The van der Waals surface area contributed by atoms with Gasteiger partial charge in [-0.05, 0) is 19.3 Å². The highest BCUT2D eigenvalue weighted by Crippen LogP contribution is 2.19. The summed E-state index contributed by atoms with van der Waals surface area (Å²) in [5.41, 5.74) is 10.6. The molecule has 0 spiro atoms. The molecule has 1 heterocycles. The molecule has 1 saturated heterocycles. The van der Waals surface area contributed by atoms with Crippen molar-refractivity contribution in [3.63, 3.8) is 0 Å². The first-order chi connectivity index (χ1) is 11.6. The number of hydrogen-bond donors (Lipinski definition) is 5. The third-order valence-electron chi connectivity index (χ3n) is 3.84. The number of likely N-dealkylation sites (tertiary alicyclic amines) is 1. The van der Waals surface area contributed by atoms with Crippen LogP contribution in [0.15, 0.2) is 0 Å². The molecular weight excluding hydrogens is 336 g/mol. The number of nitrogens with two attached hydrogens (primary N) is 2. The van der Waals surface area contributed by atoms with E-state index in [0.717, 1.165) is 0 Å². The number of rotatable bonds is 9. The summed E-state index contributed by atoms with van der Waals surface area (Å²) < 4.78 is 0. The monoisotopic (exact) mass is 358 g/mol. The molecule has 0 aromatic heterocycles. The van der Waals surface area contributed by atoms with E-state index in [1.165, 1.54) is 4.90 Å². The lowest BCUT2D eigenvalue weighted by atomic mass is 10.1. The summed E-state index contributed by atoms with van der Waals surface area (Å²) in [5.74, 6) is -4.68. The molecule has 11 nitrogen and oxygen atoms in total. The second-order valence-electron chi connectivity index (χ2n) is 5.80. The molecule has 3 amide bonds. The van der Waals surface area contributed by atoms with Gasteiger partial charge in [0.1, 0.15) is 12.1 Å². The van der Waals surface area contributed by atoms with Crippen LogP contribution in [0.25, 0.3) is 0 Å². The second kappa shape index (κ2) is 8.97. The predicted molar refractivity (Wildman–Crippen MR) is 83.0 cm³/mol. The van der Waals surface area contributed by atoms with Crippen molar-refractivity contribution in [3.05, 3.63) is 0 Å². The van der Waals surface area contributed by atoms with Crippen LogP contribution in [-0.4, -0.2) is 69.4 Å². The van der Waals surface area contributed by atoms with E-state index in [2.05, 4.69) is 5.32 Å². The second-order valence-corrected chi connectivity index (χ2v) is 5.80. The molecule has 25 heavy (non-hydrogen) atoms. The van der Waals surface area contributed by atoms with E-state index in [-0.39, 0.29) is 19.4 Å². The lowest BCUT2D eigenvalue weighted by molar-refractivity contribution is -0.145. The van der Waals surface area contributed by atoms with Crippen molar-refractivity contribution < 1.29 is 34.2 Å². The van der Waals surface area contributed by atoms with Gasteiger partial charge >= 0.3 is 11.9 Å². The Balaban J connectivity index is 2.73. The Morgan fingerprint density at radius 3 is 2.36 bits per heavy atom. The van der Waals surface area contributed by atoms with E-state index >= 15 is 0 Å². The molecule has 0 bridgehead atoms. The van der Waals surface area contributed by atoms with Crippen molar-refractivity contribution in [2.24, 2.45) is 11.5 Å². The minimum atomic E-state index is -1.48. The maximum Gasteiger partial charge on any atom is 0.326 e. The molecule has 3 unspecified atom stereocenters. The van der Waals surface area contributed by atoms with Gasteiger partial charge in [0, 0.05) is 13.0 Å². The zero-order valence-corrected chi connectivity index (χ0v) is 13.5. The minimum absolute atomic E-state index is 0.0710. The summed E-state index contributed by atoms with van der Waals surface area (Å²) in [4.78, 5) is 58.3. The molecule has 0 radical (unpaired) electrons. The van der Waals surface area contributed by atoms with Crippen LogP contribution >= 0.6 is 0 Å². The van der Waals surface area contributed by atoms with Crippen molar-refractivity contribution in [1.82, 2.24) is 10.2 Å². The lowest BCUT2D eigenvalue weighted by Crippen LogP contribution is -2.54. The Morgan fingerprint density at radius 1 is 1.20 bits per heavy atom. The molecule has 11 heteroatoms. The Labute approximate surface area is 143 Å². The van der Waals surface area contributed by atoms with Crippen LogP contribution in [-0.2, 0) is 24.0 Å². The zero-order chi connectivity index (χ0) is 19.1. The molecule has 7 N–H and O–H groups in total. The molecule has 0 aromatic rings. The van der Waals surface area contributed by atoms with E-state index in [9.17, 15) is 24.0 Å². The third-order valence-corrected chi connectivity index (χ3v) is 3.84. The van der Waals surface area contributed by atoms with Crippen LogP contribution in [0.4, 0.5) is 0 Å². The standard InChI is InChI=1S/C14H22N4O7/c15-7(3-4-11(20)21)13(23)18-5-1-2-9(18)12(22)17-8(14(24)25)6-10(16)19/h7-9H,1-6,15H2,(H2,16,19)(H,17,22)(H,20,21)(H,24,25). The van der Waals surface area contributed by atoms with E-state index in [4.69, 9.17) is 21.7 Å². The van der Waals surface area contributed by atoms with Gasteiger partial charge in [0.25, 0.3) is 0 Å². The van der Waals surface area contributed by atoms with E-state index < -0.39 is 54.2 Å². The average Bonchev–Trinajstić information content (AvgIpc) is 3.00. The number of carbonyl (C=O) groups excluding carboxylic acids is 3. The minimum Gasteiger partial charge on any atom is -0.481 e. The Bertz CT molecular complexity index is 565. The number of amides is 3. The summed E-state index contributed by atoms with van der Waals surface area (Å²) in [6, 6.07) is -3.47. The first-order valence-electron chi connectivity index (χ1n) is 7.72. The Hall–Kier alpha value is -2.69. The highest BCUT2D eigenvalue weighted by Gasteiger charge is 2.37. The summed E-state index contributed by atoms with van der Waals surface area (Å²) >= 11 is 0. The largest absolute Gasteiger partial charge is 0.481 e. The normalized spacial score (nSPS) is 19.1. The maximum absolute atomic E-state index is 12.3. The van der Waals surface area contributed by atoms with Crippen LogP contribution in [0.1, 0.15) is 32.1 Å². The van der Waals surface area contributed by atoms with Crippen LogP contribution in [0.3, 0.4) is 0 Å². The topological polar surface area (TPSA) is 193 Å². The van der Waals surface area contributed by atoms with Gasteiger partial charge in [0.05, 0.1) is 12.5 Å². The van der Waals surface area contributed by atoms with Gasteiger partial charge in [0.2, 0.25) is 17.7 Å². The van der Waals surface area contributed by atoms with Crippen molar-refractivity contribution in [1.29, 1.82) is 0 Å². The van der Waals surface area contributed by atoms with Gasteiger partial charge < -0.3 is 31.9 Å². The molecule has 1 fully saturated rings. The van der Waals surface area contributed by atoms with Gasteiger partial charge in [-0.1, -0.05) is 0 Å². The van der Waals surface area contributed by atoms with E-state index in [1.54, 1.807) is 0 Å². The number of carboxylic acids is 2. The lowest BCUT2D eigenvalue weighted by Gasteiger charge is -2.27. The zero-order valence-electron chi connectivity index (χ0n) is 13.5. The fraction of sp³-hybridized carbons (Fsp3) is 0.643.